The van der Waals surface area contributed by atoms with E-state index >= 15 is 0 Å². The molecule has 0 aliphatic carbocycles. The number of carbonyl (C=O) groups is 1. The van der Waals surface area contributed by atoms with Crippen LogP contribution in [-0.2, 0) is 11.3 Å². The number of amides is 1. The van der Waals surface area contributed by atoms with Gasteiger partial charge >= 0.3 is 0 Å². The Hall–Kier alpha value is -3.90. The molecule has 0 saturated carbocycles. The number of halogens is 2. The van der Waals surface area contributed by atoms with Gasteiger partial charge in [0.2, 0.25) is 5.91 Å². The van der Waals surface area contributed by atoms with E-state index < -0.39 is 5.92 Å². The van der Waals surface area contributed by atoms with Gasteiger partial charge in [-0.15, -0.1) is 0 Å². The third kappa shape index (κ3) is 3.38. The molecular formula is C27H18ClFN2O3. The van der Waals surface area contributed by atoms with Gasteiger partial charge in [-0.1, -0.05) is 29.8 Å². The maximum atomic E-state index is 13.8. The van der Waals surface area contributed by atoms with Gasteiger partial charge in [-0.25, -0.2) is 4.39 Å². The van der Waals surface area contributed by atoms with Gasteiger partial charge in [0.05, 0.1) is 22.9 Å². The minimum absolute atomic E-state index is 0.0879. The van der Waals surface area contributed by atoms with Crippen LogP contribution < -0.4 is 10.7 Å². The van der Waals surface area contributed by atoms with E-state index in [1.807, 2.05) is 35.0 Å². The van der Waals surface area contributed by atoms with Crippen LogP contribution in [0.25, 0.3) is 21.9 Å². The molecule has 1 N–H and O–H groups in total. The molecule has 1 amide bonds. The van der Waals surface area contributed by atoms with Crippen molar-refractivity contribution >= 4 is 45.1 Å². The van der Waals surface area contributed by atoms with Crippen molar-refractivity contribution in [2.75, 3.05) is 5.32 Å². The Labute approximate surface area is 198 Å². The number of anilines is 1. The molecule has 1 atom stereocenters. The Bertz CT molecular complexity index is 1670. The fourth-order valence-corrected chi connectivity index (χ4v) is 5.02. The van der Waals surface area contributed by atoms with Gasteiger partial charge in [-0.05, 0) is 53.6 Å². The van der Waals surface area contributed by atoms with Crippen molar-refractivity contribution in [3.63, 3.8) is 0 Å². The first-order chi connectivity index (χ1) is 16.5. The summed E-state index contributed by atoms with van der Waals surface area (Å²) in [6, 6.07) is 17.0. The normalized spacial score (nSPS) is 15.5. The quantitative estimate of drug-likeness (QED) is 0.347. The van der Waals surface area contributed by atoms with Crippen LogP contribution in [0.2, 0.25) is 5.02 Å². The van der Waals surface area contributed by atoms with Crippen LogP contribution in [0.5, 0.6) is 0 Å². The molecule has 3 heterocycles. The summed E-state index contributed by atoms with van der Waals surface area (Å²) < 4.78 is 21.6. The molecule has 34 heavy (non-hydrogen) atoms. The highest BCUT2D eigenvalue weighted by atomic mass is 35.5. The van der Waals surface area contributed by atoms with Gasteiger partial charge in [-0.2, -0.15) is 0 Å². The van der Waals surface area contributed by atoms with Crippen LogP contribution in [0.15, 0.2) is 82.3 Å². The number of hydrogen-bond donors (Lipinski definition) is 1. The van der Waals surface area contributed by atoms with Crippen molar-refractivity contribution in [1.29, 1.82) is 0 Å². The second-order valence-corrected chi connectivity index (χ2v) is 8.94. The largest absolute Gasteiger partial charge is 0.464 e. The minimum Gasteiger partial charge on any atom is -0.464 e. The molecule has 1 aliphatic rings. The first-order valence-electron chi connectivity index (χ1n) is 10.8. The molecule has 1 aliphatic heterocycles. The van der Waals surface area contributed by atoms with Crippen molar-refractivity contribution in [2.24, 2.45) is 0 Å². The molecule has 1 unspecified atom stereocenters. The summed E-state index contributed by atoms with van der Waals surface area (Å²) in [7, 11) is 0. The lowest BCUT2D eigenvalue weighted by Crippen LogP contribution is -2.19. The zero-order chi connectivity index (χ0) is 23.4. The van der Waals surface area contributed by atoms with Crippen molar-refractivity contribution in [3.8, 4) is 0 Å². The van der Waals surface area contributed by atoms with E-state index in [9.17, 15) is 14.0 Å². The Morgan fingerprint density at radius 2 is 1.91 bits per heavy atom. The van der Waals surface area contributed by atoms with Gasteiger partial charge < -0.3 is 14.3 Å². The van der Waals surface area contributed by atoms with E-state index in [1.54, 1.807) is 24.3 Å². The number of carbonyl (C=O) groups excluding carboxylic acids is 1. The number of fused-ring (bicyclic) bond motifs is 1. The summed E-state index contributed by atoms with van der Waals surface area (Å²) in [6.45, 7) is 0.445. The third-order valence-electron chi connectivity index (χ3n) is 6.35. The van der Waals surface area contributed by atoms with Gasteiger partial charge in [0.15, 0.2) is 5.43 Å². The average molecular weight is 473 g/mol. The van der Waals surface area contributed by atoms with Crippen LogP contribution in [0, 0.1) is 5.82 Å². The van der Waals surface area contributed by atoms with Crippen LogP contribution in [-0.4, -0.2) is 10.5 Å². The van der Waals surface area contributed by atoms with Gasteiger partial charge in [0.1, 0.15) is 11.4 Å². The lowest BCUT2D eigenvalue weighted by molar-refractivity contribution is -0.116. The first-order valence-corrected chi connectivity index (χ1v) is 11.2. The van der Waals surface area contributed by atoms with Gasteiger partial charge in [-0.3, -0.25) is 9.59 Å². The third-order valence-corrected chi connectivity index (χ3v) is 6.59. The predicted molar refractivity (Wildman–Crippen MR) is 130 cm³/mol. The minimum atomic E-state index is -0.514. The predicted octanol–water partition coefficient (Wildman–Crippen LogP) is 6.06. The fraction of sp³-hybridized carbons (Fsp3) is 0.111. The van der Waals surface area contributed by atoms with Crippen LogP contribution >= 0.6 is 11.6 Å². The Balaban J connectivity index is 1.57. The van der Waals surface area contributed by atoms with E-state index in [4.69, 9.17) is 16.0 Å². The summed E-state index contributed by atoms with van der Waals surface area (Å²) in [5.41, 5.74) is 3.84. The molecule has 6 rings (SSSR count). The summed E-state index contributed by atoms with van der Waals surface area (Å²) in [4.78, 5) is 26.3. The molecule has 0 spiro atoms. The number of nitrogens with one attached hydrogen (secondary N) is 1. The Morgan fingerprint density at radius 3 is 2.76 bits per heavy atom. The SMILES string of the molecule is O=C1CC(c2coc3ccc(Cl)cc3c2=O)c2cn(Cc3cccc(F)c3)c3cccc(c23)N1. The molecule has 5 nitrogen and oxygen atoms in total. The molecule has 0 fully saturated rings. The molecule has 0 saturated heterocycles. The summed E-state index contributed by atoms with van der Waals surface area (Å²) >= 11 is 6.13. The molecular weight excluding hydrogens is 455 g/mol. The second-order valence-electron chi connectivity index (χ2n) is 8.51. The lowest BCUT2D eigenvalue weighted by Gasteiger charge is -2.14. The topological polar surface area (TPSA) is 64.2 Å². The van der Waals surface area contributed by atoms with Crippen molar-refractivity contribution in [1.82, 2.24) is 4.57 Å². The molecule has 7 heteroatoms. The first kappa shape index (κ1) is 20.7. The highest BCUT2D eigenvalue weighted by molar-refractivity contribution is 6.31. The van der Waals surface area contributed by atoms with E-state index in [1.165, 1.54) is 18.4 Å². The molecule has 168 valence electrons. The monoisotopic (exact) mass is 472 g/mol. The smallest absolute Gasteiger partial charge is 0.225 e. The van der Waals surface area contributed by atoms with E-state index in [0.29, 0.717) is 33.8 Å². The second kappa shape index (κ2) is 7.85. The maximum absolute atomic E-state index is 13.8. The molecule has 5 aromatic rings. The number of benzene rings is 3. The van der Waals surface area contributed by atoms with Gasteiger partial charge in [0, 0.05) is 41.1 Å². The zero-order valence-electron chi connectivity index (χ0n) is 17.8. The van der Waals surface area contributed by atoms with Crippen LogP contribution in [0.4, 0.5) is 10.1 Å². The Morgan fingerprint density at radius 1 is 1.06 bits per heavy atom. The Kier molecular flexibility index (Phi) is 4.78. The van der Waals surface area contributed by atoms with Crippen molar-refractivity contribution in [2.45, 2.75) is 18.9 Å². The fourth-order valence-electron chi connectivity index (χ4n) is 4.85. The molecule has 2 aromatic heterocycles. The van der Waals surface area contributed by atoms with E-state index in [0.717, 1.165) is 22.0 Å². The molecule has 0 bridgehead atoms. The zero-order valence-corrected chi connectivity index (χ0v) is 18.6. The number of hydrogen-bond acceptors (Lipinski definition) is 3. The number of aromatic nitrogens is 1. The average Bonchev–Trinajstić information content (AvgIpc) is 3.10. The highest BCUT2D eigenvalue weighted by Crippen LogP contribution is 2.40. The standard InChI is InChI=1S/C27H18ClFN2O3/c28-16-7-8-24-19(10-16)27(33)21(14-34-24)18-11-25(32)30-22-5-2-6-23-26(22)20(18)13-31(23)12-15-3-1-4-17(29)9-15/h1-10,13-14,18H,11-12H2,(H,30,32). The summed E-state index contributed by atoms with van der Waals surface area (Å²) in [5, 5.41) is 4.64. The number of nitrogens with zero attached hydrogens (tertiary/aromatic N) is 1. The molecule has 3 aromatic carbocycles. The van der Waals surface area contributed by atoms with E-state index in [-0.39, 0.29) is 23.6 Å². The molecule has 0 radical (unpaired) electrons. The van der Waals surface area contributed by atoms with Crippen molar-refractivity contribution in [3.05, 3.63) is 111 Å². The number of rotatable bonds is 3. The van der Waals surface area contributed by atoms with Crippen molar-refractivity contribution < 1.29 is 13.6 Å². The summed E-state index contributed by atoms with van der Waals surface area (Å²) in [5.74, 6) is -0.996. The maximum Gasteiger partial charge on any atom is 0.225 e. The van der Waals surface area contributed by atoms with Gasteiger partial charge in [0.25, 0.3) is 0 Å². The van der Waals surface area contributed by atoms with Crippen LogP contribution in [0.1, 0.15) is 29.0 Å². The lowest BCUT2D eigenvalue weighted by atomic mass is 9.89. The van der Waals surface area contributed by atoms with E-state index in [2.05, 4.69) is 5.32 Å². The highest BCUT2D eigenvalue weighted by Gasteiger charge is 2.30. The van der Waals surface area contributed by atoms with Crippen LogP contribution in [0.3, 0.4) is 0 Å². The summed E-state index contributed by atoms with van der Waals surface area (Å²) in [6.07, 6.45) is 3.48.